The van der Waals surface area contributed by atoms with Crippen molar-refractivity contribution in [2.24, 2.45) is 5.73 Å². The molecule has 1 amide bonds. The number of nitrogens with two attached hydrogens (primary N) is 2. The number of carbonyl (C=O) groups is 1. The molecular weight excluding hydrogens is 253 g/mol. The summed E-state index contributed by atoms with van der Waals surface area (Å²) in [6.45, 7) is -0.0781. The van der Waals surface area contributed by atoms with Gasteiger partial charge in [0.15, 0.2) is 0 Å². The number of hydrogen-bond donors (Lipinski definition) is 3. The Morgan fingerprint density at radius 2 is 2.21 bits per heavy atom. The van der Waals surface area contributed by atoms with E-state index in [0.29, 0.717) is 11.4 Å². The summed E-state index contributed by atoms with van der Waals surface area (Å²) in [6.07, 6.45) is 0. The maximum absolute atomic E-state index is 13.0. The molecule has 0 aliphatic rings. The Balaban J connectivity index is 2.87. The van der Waals surface area contributed by atoms with E-state index in [0.717, 1.165) is 0 Å². The molecule has 0 unspecified atom stereocenters. The van der Waals surface area contributed by atoms with Crippen LogP contribution in [0.3, 0.4) is 0 Å². The zero-order valence-electron chi connectivity index (χ0n) is 7.18. The minimum atomic E-state index is -0.535. The molecule has 1 aromatic carbocycles. The lowest BCUT2D eigenvalue weighted by Gasteiger charge is -2.08. The van der Waals surface area contributed by atoms with Crippen LogP contribution in [0.25, 0.3) is 0 Å². The molecule has 0 aliphatic carbocycles. The molecule has 0 saturated heterocycles. The first-order valence-corrected chi connectivity index (χ1v) is 4.56. The number of nitrogens with one attached hydrogen (secondary N) is 1. The standard InChI is InChI=1S/C8H9BrFN3O/c9-4-1-6(11)7(2-5(4)10)13-3-8(12)14/h1-2,13H,3,11H2,(H2,12,14). The highest BCUT2D eigenvalue weighted by molar-refractivity contribution is 9.10. The first-order valence-electron chi connectivity index (χ1n) is 3.77. The highest BCUT2D eigenvalue weighted by Crippen LogP contribution is 2.26. The van der Waals surface area contributed by atoms with Gasteiger partial charge < -0.3 is 16.8 Å². The molecular formula is C8H9BrFN3O. The zero-order valence-corrected chi connectivity index (χ0v) is 8.77. The fraction of sp³-hybridized carbons (Fsp3) is 0.125. The van der Waals surface area contributed by atoms with Gasteiger partial charge in [0.2, 0.25) is 5.91 Å². The van der Waals surface area contributed by atoms with Crippen molar-refractivity contribution in [2.45, 2.75) is 0 Å². The van der Waals surface area contributed by atoms with E-state index in [1.165, 1.54) is 12.1 Å². The summed E-state index contributed by atoms with van der Waals surface area (Å²) in [5, 5.41) is 2.62. The topological polar surface area (TPSA) is 81.1 Å². The molecule has 0 heterocycles. The van der Waals surface area contributed by atoms with Crippen LogP contribution in [0.2, 0.25) is 0 Å². The quantitative estimate of drug-likeness (QED) is 0.712. The van der Waals surface area contributed by atoms with Crippen LogP contribution in [0.4, 0.5) is 15.8 Å². The van der Waals surface area contributed by atoms with E-state index in [9.17, 15) is 9.18 Å². The second-order valence-corrected chi connectivity index (χ2v) is 3.53. The summed E-state index contributed by atoms with van der Waals surface area (Å²) in [5.41, 5.74) is 11.2. The van der Waals surface area contributed by atoms with Crippen LogP contribution in [0.5, 0.6) is 0 Å². The number of primary amides is 1. The highest BCUT2D eigenvalue weighted by Gasteiger charge is 2.05. The van der Waals surface area contributed by atoms with Crippen molar-refractivity contribution < 1.29 is 9.18 Å². The van der Waals surface area contributed by atoms with Gasteiger partial charge in [-0.25, -0.2) is 4.39 Å². The molecule has 0 aromatic heterocycles. The summed E-state index contributed by atoms with van der Waals surface area (Å²) in [5.74, 6) is -0.987. The molecule has 4 nitrogen and oxygen atoms in total. The molecule has 0 spiro atoms. The van der Waals surface area contributed by atoms with Gasteiger partial charge in [-0.05, 0) is 22.0 Å². The number of benzene rings is 1. The van der Waals surface area contributed by atoms with Crippen LogP contribution in [0, 0.1) is 5.82 Å². The third-order valence-electron chi connectivity index (χ3n) is 1.55. The number of hydrogen-bond acceptors (Lipinski definition) is 3. The maximum Gasteiger partial charge on any atom is 0.236 e. The fourth-order valence-electron chi connectivity index (χ4n) is 0.898. The molecule has 14 heavy (non-hydrogen) atoms. The van der Waals surface area contributed by atoms with Gasteiger partial charge in [0.05, 0.1) is 22.4 Å². The molecule has 0 bridgehead atoms. The van der Waals surface area contributed by atoms with Gasteiger partial charge in [-0.1, -0.05) is 0 Å². The van der Waals surface area contributed by atoms with E-state index >= 15 is 0 Å². The Kier molecular flexibility index (Phi) is 3.29. The van der Waals surface area contributed by atoms with Crippen LogP contribution in [0.1, 0.15) is 0 Å². The number of anilines is 2. The average molecular weight is 262 g/mol. The SMILES string of the molecule is NC(=O)CNc1cc(F)c(Br)cc1N. The second kappa shape index (κ2) is 4.28. The lowest BCUT2D eigenvalue weighted by molar-refractivity contribution is -0.116. The normalized spacial score (nSPS) is 9.86. The molecule has 76 valence electrons. The lowest BCUT2D eigenvalue weighted by atomic mass is 10.2. The van der Waals surface area contributed by atoms with Gasteiger partial charge in [-0.2, -0.15) is 0 Å². The Labute approximate surface area is 88.6 Å². The molecule has 0 atom stereocenters. The molecule has 0 aliphatic heterocycles. The predicted octanol–water partition coefficient (Wildman–Crippen LogP) is 1.07. The van der Waals surface area contributed by atoms with E-state index in [1.54, 1.807) is 0 Å². The Hall–Kier alpha value is -1.30. The zero-order chi connectivity index (χ0) is 10.7. The second-order valence-electron chi connectivity index (χ2n) is 2.67. The maximum atomic E-state index is 13.0. The van der Waals surface area contributed by atoms with Crippen molar-refractivity contribution in [1.29, 1.82) is 0 Å². The minimum Gasteiger partial charge on any atom is -0.397 e. The molecule has 1 rings (SSSR count). The van der Waals surface area contributed by atoms with Gasteiger partial charge in [0, 0.05) is 6.07 Å². The van der Waals surface area contributed by atoms with Gasteiger partial charge in [-0.3, -0.25) is 4.79 Å². The largest absolute Gasteiger partial charge is 0.397 e. The van der Waals surface area contributed by atoms with Crippen LogP contribution in [0.15, 0.2) is 16.6 Å². The molecule has 0 radical (unpaired) electrons. The van der Waals surface area contributed by atoms with E-state index in [2.05, 4.69) is 21.2 Å². The number of rotatable bonds is 3. The number of carbonyl (C=O) groups excluding carboxylic acids is 1. The predicted molar refractivity (Wildman–Crippen MR) is 56.2 cm³/mol. The Morgan fingerprint density at radius 1 is 1.57 bits per heavy atom. The summed E-state index contributed by atoms with van der Waals surface area (Å²) < 4.78 is 13.3. The van der Waals surface area contributed by atoms with E-state index in [1.807, 2.05) is 0 Å². The Bertz CT molecular complexity index is 370. The van der Waals surface area contributed by atoms with Crippen LogP contribution >= 0.6 is 15.9 Å². The molecule has 6 heteroatoms. The smallest absolute Gasteiger partial charge is 0.236 e. The summed E-state index contributed by atoms with van der Waals surface area (Å²) in [7, 11) is 0. The van der Waals surface area contributed by atoms with Crippen LogP contribution in [-0.2, 0) is 4.79 Å². The highest BCUT2D eigenvalue weighted by atomic mass is 79.9. The van der Waals surface area contributed by atoms with Crippen molar-refractivity contribution in [3.05, 3.63) is 22.4 Å². The van der Waals surface area contributed by atoms with Gasteiger partial charge in [-0.15, -0.1) is 0 Å². The van der Waals surface area contributed by atoms with Gasteiger partial charge >= 0.3 is 0 Å². The van der Waals surface area contributed by atoms with Gasteiger partial charge in [0.25, 0.3) is 0 Å². The molecule has 5 N–H and O–H groups in total. The van der Waals surface area contributed by atoms with E-state index < -0.39 is 11.7 Å². The van der Waals surface area contributed by atoms with Crippen molar-refractivity contribution in [3.8, 4) is 0 Å². The number of amides is 1. The summed E-state index contributed by atoms with van der Waals surface area (Å²) in [6, 6.07) is 2.61. The fourth-order valence-corrected chi connectivity index (χ4v) is 1.26. The van der Waals surface area contributed by atoms with Crippen LogP contribution < -0.4 is 16.8 Å². The third kappa shape index (κ3) is 2.59. The van der Waals surface area contributed by atoms with Crippen molar-refractivity contribution >= 4 is 33.2 Å². The Morgan fingerprint density at radius 3 is 2.79 bits per heavy atom. The molecule has 1 aromatic rings. The summed E-state index contributed by atoms with van der Waals surface area (Å²) >= 11 is 2.99. The van der Waals surface area contributed by atoms with Crippen molar-refractivity contribution in [1.82, 2.24) is 0 Å². The minimum absolute atomic E-state index is 0.0781. The van der Waals surface area contributed by atoms with Gasteiger partial charge in [0.1, 0.15) is 5.82 Å². The first-order chi connectivity index (χ1) is 6.50. The number of halogens is 2. The lowest BCUT2D eigenvalue weighted by Crippen LogP contribution is -2.22. The number of nitrogen functional groups attached to an aromatic ring is 1. The van der Waals surface area contributed by atoms with E-state index in [-0.39, 0.29) is 11.0 Å². The van der Waals surface area contributed by atoms with E-state index in [4.69, 9.17) is 11.5 Å². The average Bonchev–Trinajstić information content (AvgIpc) is 2.09. The monoisotopic (exact) mass is 261 g/mol. The summed E-state index contributed by atoms with van der Waals surface area (Å²) in [4.78, 5) is 10.5. The third-order valence-corrected chi connectivity index (χ3v) is 2.15. The molecule has 0 fully saturated rings. The molecule has 0 saturated carbocycles. The van der Waals surface area contributed by atoms with Crippen molar-refractivity contribution in [2.75, 3.05) is 17.6 Å². The van der Waals surface area contributed by atoms with Crippen LogP contribution in [-0.4, -0.2) is 12.5 Å². The van der Waals surface area contributed by atoms with Crippen molar-refractivity contribution in [3.63, 3.8) is 0 Å². The first kappa shape index (κ1) is 10.8.